The second-order valence-electron chi connectivity index (χ2n) is 4.46. The Balaban J connectivity index is 2.39. The van der Waals surface area contributed by atoms with Gasteiger partial charge in [-0.2, -0.15) is 0 Å². The molecule has 0 aliphatic carbocycles. The van der Waals surface area contributed by atoms with E-state index in [4.69, 9.17) is 28.9 Å². The SMILES string of the molecule is CS(=O)(=O)c1ccc(C(N)c2cccc(Cl)c2Cl)cc1. The second kappa shape index (κ2) is 5.74. The Bertz CT molecular complexity index is 727. The van der Waals surface area contributed by atoms with E-state index in [0.29, 0.717) is 15.6 Å². The highest BCUT2D eigenvalue weighted by atomic mass is 35.5. The van der Waals surface area contributed by atoms with Crippen LogP contribution in [-0.4, -0.2) is 14.7 Å². The highest BCUT2D eigenvalue weighted by molar-refractivity contribution is 7.90. The van der Waals surface area contributed by atoms with Crippen molar-refractivity contribution in [3.05, 3.63) is 63.6 Å². The molecule has 1 unspecified atom stereocenters. The van der Waals surface area contributed by atoms with E-state index in [1.807, 2.05) is 0 Å². The number of nitrogens with two attached hydrogens (primary N) is 1. The summed E-state index contributed by atoms with van der Waals surface area (Å²) in [5.41, 5.74) is 7.62. The largest absolute Gasteiger partial charge is 0.320 e. The molecule has 0 saturated heterocycles. The maximum absolute atomic E-state index is 11.4. The molecule has 0 amide bonds. The summed E-state index contributed by atoms with van der Waals surface area (Å²) >= 11 is 12.1. The third-order valence-corrected chi connectivity index (χ3v) is 4.95. The predicted molar refractivity (Wildman–Crippen MR) is 82.0 cm³/mol. The minimum Gasteiger partial charge on any atom is -0.320 e. The lowest BCUT2D eigenvalue weighted by atomic mass is 10.00. The van der Waals surface area contributed by atoms with Gasteiger partial charge in [-0.15, -0.1) is 0 Å². The maximum atomic E-state index is 11.4. The van der Waals surface area contributed by atoms with E-state index in [1.54, 1.807) is 30.3 Å². The molecule has 3 nitrogen and oxygen atoms in total. The zero-order valence-corrected chi connectivity index (χ0v) is 13.0. The Morgan fingerprint density at radius 2 is 1.65 bits per heavy atom. The fourth-order valence-electron chi connectivity index (χ4n) is 1.86. The summed E-state index contributed by atoms with van der Waals surface area (Å²) in [6.07, 6.45) is 1.16. The van der Waals surface area contributed by atoms with Crippen molar-refractivity contribution in [2.24, 2.45) is 5.73 Å². The molecule has 0 spiro atoms. The summed E-state index contributed by atoms with van der Waals surface area (Å²) in [5, 5.41) is 0.848. The first-order chi connectivity index (χ1) is 9.30. The van der Waals surface area contributed by atoms with Crippen LogP contribution >= 0.6 is 23.2 Å². The summed E-state index contributed by atoms with van der Waals surface area (Å²) < 4.78 is 22.8. The number of benzene rings is 2. The van der Waals surface area contributed by atoms with Gasteiger partial charge >= 0.3 is 0 Å². The highest BCUT2D eigenvalue weighted by Crippen LogP contribution is 2.32. The van der Waals surface area contributed by atoms with E-state index in [1.165, 1.54) is 12.1 Å². The van der Waals surface area contributed by atoms with E-state index in [9.17, 15) is 8.42 Å². The maximum Gasteiger partial charge on any atom is 0.175 e. The normalized spacial score (nSPS) is 13.2. The molecule has 0 heterocycles. The molecule has 0 aromatic heterocycles. The number of hydrogen-bond acceptors (Lipinski definition) is 3. The lowest BCUT2D eigenvalue weighted by Crippen LogP contribution is -2.12. The monoisotopic (exact) mass is 329 g/mol. The fourth-order valence-corrected chi connectivity index (χ4v) is 2.92. The Hall–Kier alpha value is -1.07. The molecule has 2 aromatic carbocycles. The molecule has 6 heteroatoms. The molecule has 1 atom stereocenters. The number of hydrogen-bond donors (Lipinski definition) is 1. The summed E-state index contributed by atoms with van der Waals surface area (Å²) in [6, 6.07) is 11.2. The fraction of sp³-hybridized carbons (Fsp3) is 0.143. The van der Waals surface area contributed by atoms with E-state index in [2.05, 4.69) is 0 Å². The van der Waals surface area contributed by atoms with Crippen LogP contribution in [-0.2, 0) is 9.84 Å². The molecule has 0 aliphatic rings. The van der Waals surface area contributed by atoms with Crippen LogP contribution < -0.4 is 5.73 Å². The zero-order chi connectivity index (χ0) is 14.9. The van der Waals surface area contributed by atoms with Crippen molar-refractivity contribution in [3.63, 3.8) is 0 Å². The summed E-state index contributed by atoms with van der Waals surface area (Å²) in [5.74, 6) is 0. The minimum absolute atomic E-state index is 0.255. The van der Waals surface area contributed by atoms with E-state index in [-0.39, 0.29) is 4.90 Å². The molecule has 0 radical (unpaired) electrons. The van der Waals surface area contributed by atoms with E-state index < -0.39 is 15.9 Å². The van der Waals surface area contributed by atoms with Gasteiger partial charge in [0, 0.05) is 6.26 Å². The first-order valence-electron chi connectivity index (χ1n) is 5.80. The van der Waals surface area contributed by atoms with Gasteiger partial charge in [0.05, 0.1) is 21.0 Å². The van der Waals surface area contributed by atoms with Gasteiger partial charge in [-0.05, 0) is 29.3 Å². The molecule has 20 heavy (non-hydrogen) atoms. The molecule has 2 rings (SSSR count). The van der Waals surface area contributed by atoms with Crippen LogP contribution in [0, 0.1) is 0 Å². The third-order valence-electron chi connectivity index (χ3n) is 2.98. The molecule has 2 N–H and O–H groups in total. The molecule has 0 aliphatic heterocycles. The topological polar surface area (TPSA) is 60.2 Å². The standard InChI is InChI=1S/C14H13Cl2NO2S/c1-20(18,19)10-7-5-9(6-8-10)14(17)11-3-2-4-12(15)13(11)16/h2-8,14H,17H2,1H3. The van der Waals surface area contributed by atoms with Gasteiger partial charge in [0.1, 0.15) is 0 Å². The van der Waals surface area contributed by atoms with E-state index >= 15 is 0 Å². The van der Waals surface area contributed by atoms with Crippen LogP contribution in [0.1, 0.15) is 17.2 Å². The highest BCUT2D eigenvalue weighted by Gasteiger charge is 2.15. The van der Waals surface area contributed by atoms with Crippen molar-refractivity contribution >= 4 is 33.0 Å². The Morgan fingerprint density at radius 3 is 2.20 bits per heavy atom. The van der Waals surface area contributed by atoms with Crippen LogP contribution in [0.4, 0.5) is 0 Å². The van der Waals surface area contributed by atoms with E-state index in [0.717, 1.165) is 11.8 Å². The van der Waals surface area contributed by atoms with Crippen molar-refractivity contribution in [2.75, 3.05) is 6.26 Å². The summed E-state index contributed by atoms with van der Waals surface area (Å²) in [7, 11) is -3.21. The molecule has 106 valence electrons. The second-order valence-corrected chi connectivity index (χ2v) is 7.26. The molecule has 0 saturated carbocycles. The van der Waals surface area contributed by atoms with Gasteiger partial charge in [-0.25, -0.2) is 8.42 Å². The van der Waals surface area contributed by atoms with Gasteiger partial charge in [0.25, 0.3) is 0 Å². The first kappa shape index (κ1) is 15.3. The van der Waals surface area contributed by atoms with Crippen molar-refractivity contribution in [2.45, 2.75) is 10.9 Å². The van der Waals surface area contributed by atoms with Crippen LogP contribution in [0.3, 0.4) is 0 Å². The quantitative estimate of drug-likeness (QED) is 0.938. The first-order valence-corrected chi connectivity index (χ1v) is 8.45. The van der Waals surface area contributed by atoms with Crippen LogP contribution in [0.15, 0.2) is 47.4 Å². The minimum atomic E-state index is -3.21. The predicted octanol–water partition coefficient (Wildman–Crippen LogP) is 3.45. The average molecular weight is 330 g/mol. The van der Waals surface area contributed by atoms with Crippen molar-refractivity contribution in [1.29, 1.82) is 0 Å². The molecular formula is C14H13Cl2NO2S. The van der Waals surface area contributed by atoms with Crippen molar-refractivity contribution in [3.8, 4) is 0 Å². The van der Waals surface area contributed by atoms with Gasteiger partial charge in [-0.1, -0.05) is 47.5 Å². The Morgan fingerprint density at radius 1 is 1.05 bits per heavy atom. The summed E-state index contributed by atoms with van der Waals surface area (Å²) in [6.45, 7) is 0. The number of sulfone groups is 1. The van der Waals surface area contributed by atoms with Gasteiger partial charge in [0.2, 0.25) is 0 Å². The molecular weight excluding hydrogens is 317 g/mol. The lowest BCUT2D eigenvalue weighted by molar-refractivity contribution is 0.602. The third kappa shape index (κ3) is 3.15. The van der Waals surface area contributed by atoms with Gasteiger partial charge in [0.15, 0.2) is 9.84 Å². The van der Waals surface area contributed by atoms with Gasteiger partial charge in [-0.3, -0.25) is 0 Å². The Labute approximate surface area is 128 Å². The molecule has 0 fully saturated rings. The van der Waals surface area contributed by atoms with Crippen molar-refractivity contribution in [1.82, 2.24) is 0 Å². The van der Waals surface area contributed by atoms with Crippen LogP contribution in [0.5, 0.6) is 0 Å². The van der Waals surface area contributed by atoms with Crippen LogP contribution in [0.25, 0.3) is 0 Å². The molecule has 2 aromatic rings. The summed E-state index contributed by atoms with van der Waals surface area (Å²) in [4.78, 5) is 0.255. The lowest BCUT2D eigenvalue weighted by Gasteiger charge is -2.15. The van der Waals surface area contributed by atoms with Crippen LogP contribution in [0.2, 0.25) is 10.0 Å². The average Bonchev–Trinajstić information content (AvgIpc) is 2.40. The zero-order valence-electron chi connectivity index (χ0n) is 10.7. The van der Waals surface area contributed by atoms with Crippen molar-refractivity contribution < 1.29 is 8.42 Å². The van der Waals surface area contributed by atoms with Gasteiger partial charge < -0.3 is 5.73 Å². The smallest absolute Gasteiger partial charge is 0.175 e. The Kier molecular flexibility index (Phi) is 4.39. The molecule has 0 bridgehead atoms. The number of rotatable bonds is 3. The number of halogens is 2.